The second kappa shape index (κ2) is 6.70. The molecule has 0 aliphatic carbocycles. The fourth-order valence-corrected chi connectivity index (χ4v) is 2.33. The minimum absolute atomic E-state index is 0.143. The summed E-state index contributed by atoms with van der Waals surface area (Å²) in [6, 6.07) is 9.64. The normalized spacial score (nSPS) is 10.8. The molecule has 0 atom stereocenters. The molecule has 2 N–H and O–H groups in total. The number of nitrogens with one attached hydrogen (secondary N) is 2. The summed E-state index contributed by atoms with van der Waals surface area (Å²) in [5.74, 6) is -1.47. The largest absolute Gasteiger partial charge is 0.493 e. The van der Waals surface area contributed by atoms with E-state index in [0.29, 0.717) is 22.3 Å². The summed E-state index contributed by atoms with van der Waals surface area (Å²) in [6.07, 6.45) is 1.65. The van der Waals surface area contributed by atoms with Crippen LogP contribution >= 0.6 is 0 Å². The smallest absolute Gasteiger partial charge is 0.227 e. The molecule has 0 unspecified atom stereocenters. The zero-order valence-corrected chi connectivity index (χ0v) is 13.0. The molecule has 24 heavy (non-hydrogen) atoms. The highest BCUT2D eigenvalue weighted by Crippen LogP contribution is 2.25. The maximum Gasteiger partial charge on any atom is 0.227 e. The van der Waals surface area contributed by atoms with Gasteiger partial charge in [0.25, 0.3) is 0 Å². The minimum atomic E-state index is -0.958. The number of carbonyl (C=O) groups excluding carboxylic acids is 1. The molecule has 2 aromatic carbocycles. The lowest BCUT2D eigenvalue weighted by Gasteiger charge is -2.07. The first-order chi connectivity index (χ1) is 11.5. The third kappa shape index (κ3) is 3.53. The SMILES string of the molecule is Cc1ccc(OCCC(=O)Nc2c[nH]c3cc(F)c(F)cc23)cc1. The van der Waals surface area contributed by atoms with Gasteiger partial charge in [-0.1, -0.05) is 17.7 Å². The molecule has 1 amide bonds. The Morgan fingerprint density at radius 2 is 1.88 bits per heavy atom. The van der Waals surface area contributed by atoms with E-state index in [1.165, 1.54) is 6.20 Å². The van der Waals surface area contributed by atoms with Crippen molar-refractivity contribution in [2.75, 3.05) is 11.9 Å². The topological polar surface area (TPSA) is 54.1 Å². The minimum Gasteiger partial charge on any atom is -0.493 e. The van der Waals surface area contributed by atoms with Gasteiger partial charge in [-0.25, -0.2) is 8.78 Å². The van der Waals surface area contributed by atoms with Crippen molar-refractivity contribution in [3.63, 3.8) is 0 Å². The lowest BCUT2D eigenvalue weighted by molar-refractivity contribution is -0.116. The van der Waals surface area contributed by atoms with Crippen LogP contribution in [0.3, 0.4) is 0 Å². The number of benzene rings is 2. The molecule has 0 spiro atoms. The van der Waals surface area contributed by atoms with Crippen LogP contribution in [0.25, 0.3) is 10.9 Å². The van der Waals surface area contributed by atoms with E-state index in [1.54, 1.807) is 0 Å². The summed E-state index contributed by atoms with van der Waals surface area (Å²) in [6.45, 7) is 2.20. The van der Waals surface area contributed by atoms with Crippen molar-refractivity contribution in [2.24, 2.45) is 0 Å². The molecular weight excluding hydrogens is 314 g/mol. The molecule has 1 heterocycles. The van der Waals surface area contributed by atoms with E-state index in [1.807, 2.05) is 31.2 Å². The van der Waals surface area contributed by atoms with Gasteiger partial charge in [-0.3, -0.25) is 4.79 Å². The maximum atomic E-state index is 13.3. The van der Waals surface area contributed by atoms with Crippen LogP contribution in [0, 0.1) is 18.6 Å². The van der Waals surface area contributed by atoms with Gasteiger partial charge in [0.05, 0.1) is 24.2 Å². The number of ether oxygens (including phenoxy) is 1. The maximum absolute atomic E-state index is 13.3. The Kier molecular flexibility index (Phi) is 4.46. The molecule has 0 saturated heterocycles. The number of halogens is 2. The third-order valence-corrected chi connectivity index (χ3v) is 3.62. The van der Waals surface area contributed by atoms with Crippen LogP contribution in [-0.2, 0) is 4.79 Å². The molecule has 6 heteroatoms. The average Bonchev–Trinajstić information content (AvgIpc) is 2.92. The van der Waals surface area contributed by atoms with E-state index < -0.39 is 11.6 Å². The van der Waals surface area contributed by atoms with Crippen molar-refractivity contribution in [1.82, 2.24) is 4.98 Å². The Morgan fingerprint density at radius 1 is 1.17 bits per heavy atom. The predicted octanol–water partition coefficient (Wildman–Crippen LogP) is 4.16. The van der Waals surface area contributed by atoms with Crippen molar-refractivity contribution in [3.05, 3.63) is 59.8 Å². The number of anilines is 1. The Bertz CT molecular complexity index is 873. The first-order valence-corrected chi connectivity index (χ1v) is 7.48. The molecule has 0 radical (unpaired) electrons. The van der Waals surface area contributed by atoms with Crippen LogP contribution in [0.5, 0.6) is 5.75 Å². The molecule has 3 rings (SSSR count). The summed E-state index contributed by atoms with van der Waals surface area (Å²) < 4.78 is 32.0. The molecule has 0 aliphatic rings. The number of H-pyrrole nitrogens is 1. The lowest BCUT2D eigenvalue weighted by atomic mass is 10.2. The first kappa shape index (κ1) is 16.0. The van der Waals surface area contributed by atoms with E-state index in [0.717, 1.165) is 17.7 Å². The van der Waals surface area contributed by atoms with Crippen LogP contribution in [0.15, 0.2) is 42.6 Å². The monoisotopic (exact) mass is 330 g/mol. The van der Waals surface area contributed by atoms with Crippen molar-refractivity contribution < 1.29 is 18.3 Å². The van der Waals surface area contributed by atoms with Gasteiger partial charge in [0, 0.05) is 17.6 Å². The van der Waals surface area contributed by atoms with Crippen molar-refractivity contribution in [3.8, 4) is 5.75 Å². The quantitative estimate of drug-likeness (QED) is 0.738. The Morgan fingerprint density at radius 3 is 2.62 bits per heavy atom. The predicted molar refractivity (Wildman–Crippen MR) is 88.1 cm³/mol. The third-order valence-electron chi connectivity index (χ3n) is 3.62. The number of rotatable bonds is 5. The van der Waals surface area contributed by atoms with Crippen molar-refractivity contribution >= 4 is 22.5 Å². The summed E-state index contributed by atoms with van der Waals surface area (Å²) in [5.41, 5.74) is 1.95. The highest BCUT2D eigenvalue weighted by Gasteiger charge is 2.11. The number of amides is 1. The number of aryl methyl sites for hydroxylation is 1. The van der Waals surface area contributed by atoms with E-state index in [-0.39, 0.29) is 18.9 Å². The Hall–Kier alpha value is -2.89. The number of hydrogen-bond acceptors (Lipinski definition) is 2. The number of aromatic amines is 1. The first-order valence-electron chi connectivity index (χ1n) is 7.48. The zero-order valence-electron chi connectivity index (χ0n) is 13.0. The Labute approximate surface area is 137 Å². The fourth-order valence-electron chi connectivity index (χ4n) is 2.33. The molecule has 3 aromatic rings. The second-order valence-corrected chi connectivity index (χ2v) is 5.47. The van der Waals surface area contributed by atoms with E-state index in [4.69, 9.17) is 4.74 Å². The molecule has 0 bridgehead atoms. The summed E-state index contributed by atoms with van der Waals surface area (Å²) in [4.78, 5) is 14.8. The fraction of sp³-hybridized carbons (Fsp3) is 0.167. The lowest BCUT2D eigenvalue weighted by Crippen LogP contribution is -2.15. The molecule has 1 aromatic heterocycles. The van der Waals surface area contributed by atoms with E-state index >= 15 is 0 Å². The molecule has 4 nitrogen and oxygen atoms in total. The van der Waals surface area contributed by atoms with Gasteiger partial charge in [0.2, 0.25) is 5.91 Å². The van der Waals surface area contributed by atoms with Crippen LogP contribution in [0.4, 0.5) is 14.5 Å². The summed E-state index contributed by atoms with van der Waals surface area (Å²) in [7, 11) is 0. The average molecular weight is 330 g/mol. The van der Waals surface area contributed by atoms with Crippen molar-refractivity contribution in [2.45, 2.75) is 13.3 Å². The number of fused-ring (bicyclic) bond motifs is 1. The highest BCUT2D eigenvalue weighted by atomic mass is 19.2. The van der Waals surface area contributed by atoms with Gasteiger partial charge < -0.3 is 15.0 Å². The summed E-state index contributed by atoms with van der Waals surface area (Å²) in [5, 5.41) is 3.09. The number of hydrogen-bond donors (Lipinski definition) is 2. The van der Waals surface area contributed by atoms with Crippen LogP contribution < -0.4 is 10.1 Å². The van der Waals surface area contributed by atoms with Gasteiger partial charge >= 0.3 is 0 Å². The molecule has 0 aliphatic heterocycles. The van der Waals surface area contributed by atoms with Crippen LogP contribution in [-0.4, -0.2) is 17.5 Å². The highest BCUT2D eigenvalue weighted by molar-refractivity contribution is 6.01. The van der Waals surface area contributed by atoms with Crippen molar-refractivity contribution in [1.29, 1.82) is 0 Å². The van der Waals surface area contributed by atoms with Gasteiger partial charge in [0.15, 0.2) is 11.6 Å². The molecule has 0 saturated carbocycles. The second-order valence-electron chi connectivity index (χ2n) is 5.47. The zero-order chi connectivity index (χ0) is 17.1. The van der Waals surface area contributed by atoms with Gasteiger partial charge in [-0.15, -0.1) is 0 Å². The van der Waals surface area contributed by atoms with Gasteiger partial charge in [0.1, 0.15) is 5.75 Å². The van der Waals surface area contributed by atoms with Gasteiger partial charge in [-0.05, 0) is 25.1 Å². The van der Waals surface area contributed by atoms with Crippen LogP contribution in [0.1, 0.15) is 12.0 Å². The van der Waals surface area contributed by atoms with Gasteiger partial charge in [-0.2, -0.15) is 0 Å². The van der Waals surface area contributed by atoms with E-state index in [9.17, 15) is 13.6 Å². The summed E-state index contributed by atoms with van der Waals surface area (Å²) >= 11 is 0. The number of aromatic nitrogens is 1. The standard InChI is InChI=1S/C18H16F2N2O2/c1-11-2-4-12(5-3-11)24-7-6-18(23)22-17-10-21-16-9-15(20)14(19)8-13(16)17/h2-5,8-10,21H,6-7H2,1H3,(H,22,23). The van der Waals surface area contributed by atoms with Crippen LogP contribution in [0.2, 0.25) is 0 Å². The molecular formula is C18H16F2N2O2. The molecule has 124 valence electrons. The Balaban J connectivity index is 1.59. The van der Waals surface area contributed by atoms with E-state index in [2.05, 4.69) is 10.3 Å². The molecule has 0 fully saturated rings. The number of carbonyl (C=O) groups is 1.